The van der Waals surface area contributed by atoms with Crippen molar-refractivity contribution in [3.63, 3.8) is 0 Å². The summed E-state index contributed by atoms with van der Waals surface area (Å²) in [6, 6.07) is 6.88. The maximum Gasteiger partial charge on any atom is 0.313 e. The van der Waals surface area contributed by atoms with Crippen LogP contribution in [-0.2, 0) is 33.4 Å². The van der Waals surface area contributed by atoms with Crippen LogP contribution in [0.15, 0.2) is 54.6 Å². The third-order valence-corrected chi connectivity index (χ3v) is 10.5. The molecule has 5 aliphatic rings. The summed E-state index contributed by atoms with van der Waals surface area (Å²) in [6.45, 7) is 9.28. The number of morpholine rings is 1. The van der Waals surface area contributed by atoms with Gasteiger partial charge in [-0.15, -0.1) is 0 Å². The molecule has 48 heavy (non-hydrogen) atoms. The number of nitrogens with one attached hydrogen (secondary N) is 1. The first kappa shape index (κ1) is 34.3. The number of benzene rings is 1. The number of aliphatic hydroxyl groups is 1. The Morgan fingerprint density at radius 1 is 1.02 bits per heavy atom. The van der Waals surface area contributed by atoms with E-state index < -0.39 is 59.6 Å². The van der Waals surface area contributed by atoms with Crippen molar-refractivity contribution in [1.82, 2.24) is 20.0 Å². The number of amides is 3. The van der Waals surface area contributed by atoms with E-state index in [1.165, 1.54) is 4.90 Å². The van der Waals surface area contributed by atoms with E-state index in [0.717, 1.165) is 13.1 Å². The molecule has 0 saturated carbocycles. The minimum absolute atomic E-state index is 0.178. The molecule has 3 amide bonds. The minimum atomic E-state index is -1.40. The van der Waals surface area contributed by atoms with Crippen LogP contribution < -0.4 is 5.32 Å². The van der Waals surface area contributed by atoms with Crippen molar-refractivity contribution in [3.8, 4) is 0 Å². The Bertz CT molecular complexity index is 1410. The molecule has 0 unspecified atom stereocenters. The molecule has 5 heterocycles. The van der Waals surface area contributed by atoms with E-state index in [2.05, 4.69) is 10.2 Å². The number of ether oxygens (including phenoxy) is 3. The van der Waals surface area contributed by atoms with Gasteiger partial charge in [-0.1, -0.05) is 68.5 Å². The standard InChI is InChI=1S/C36H48N4O8/c1-23(2)26(22-41)40-32-34(44)39(17-16-38-18-20-46-21-19-38)15-9-5-8-12-28(42)37-24(3)31(25-10-6-4-7-11-25)47-35(45)29-27-13-14-36(32,48-27)30(29)33(40)43/h4-7,9-11,13-14,23-24,26-27,29-32,41H,8,12,15-22H2,1-3H3,(H,37,42)/b9-5-/t24-,26-,27+,29-,30-,31+,32+,36-/m0/s1. The van der Waals surface area contributed by atoms with Gasteiger partial charge in [0.05, 0.1) is 43.9 Å². The topological polar surface area (TPSA) is 138 Å². The zero-order chi connectivity index (χ0) is 34.0. The maximum atomic E-state index is 14.9. The van der Waals surface area contributed by atoms with Crippen molar-refractivity contribution in [3.05, 3.63) is 60.2 Å². The third kappa shape index (κ3) is 6.43. The second kappa shape index (κ2) is 14.5. The molecule has 3 saturated heterocycles. The average Bonchev–Trinajstić information content (AvgIpc) is 3.72. The predicted molar refractivity (Wildman–Crippen MR) is 175 cm³/mol. The van der Waals surface area contributed by atoms with Gasteiger partial charge in [0.15, 0.2) is 0 Å². The monoisotopic (exact) mass is 664 g/mol. The molecule has 2 N–H and O–H groups in total. The molecule has 8 atom stereocenters. The first-order valence-corrected chi connectivity index (χ1v) is 17.2. The van der Waals surface area contributed by atoms with E-state index in [9.17, 15) is 24.3 Å². The number of carbonyl (C=O) groups is 4. The van der Waals surface area contributed by atoms with Crippen LogP contribution in [0.3, 0.4) is 0 Å². The molecule has 1 aromatic carbocycles. The van der Waals surface area contributed by atoms with Crippen LogP contribution in [0, 0.1) is 17.8 Å². The van der Waals surface area contributed by atoms with Crippen molar-refractivity contribution < 1.29 is 38.5 Å². The number of esters is 1. The second-order valence-corrected chi connectivity index (χ2v) is 13.8. The molecule has 5 bridgehead atoms. The highest BCUT2D eigenvalue weighted by atomic mass is 16.6. The van der Waals surface area contributed by atoms with E-state index in [-0.39, 0.29) is 37.3 Å². The number of nitrogens with zero attached hydrogens (tertiary/aromatic N) is 3. The van der Waals surface area contributed by atoms with E-state index in [0.29, 0.717) is 38.3 Å². The normalized spacial score (nSPS) is 34.4. The van der Waals surface area contributed by atoms with Gasteiger partial charge in [0.25, 0.3) is 0 Å². The molecule has 0 aliphatic carbocycles. The summed E-state index contributed by atoms with van der Waals surface area (Å²) in [5.74, 6) is -3.74. The van der Waals surface area contributed by atoms with Gasteiger partial charge in [0, 0.05) is 39.1 Å². The zero-order valence-electron chi connectivity index (χ0n) is 28.0. The number of fused-ring (bicyclic) bond motifs is 2. The molecule has 260 valence electrons. The molecule has 12 nitrogen and oxygen atoms in total. The summed E-state index contributed by atoms with van der Waals surface area (Å²) in [5, 5.41) is 13.6. The molecule has 0 radical (unpaired) electrons. The first-order valence-electron chi connectivity index (χ1n) is 17.2. The molecule has 5 aliphatic heterocycles. The Morgan fingerprint density at radius 2 is 1.77 bits per heavy atom. The number of carbonyl (C=O) groups excluding carboxylic acids is 4. The largest absolute Gasteiger partial charge is 0.455 e. The van der Waals surface area contributed by atoms with Crippen LogP contribution in [0.2, 0.25) is 0 Å². The third-order valence-electron chi connectivity index (χ3n) is 10.5. The summed E-state index contributed by atoms with van der Waals surface area (Å²) in [6.07, 6.45) is 6.41. The Balaban J connectivity index is 1.40. The Kier molecular flexibility index (Phi) is 10.4. The maximum absolute atomic E-state index is 14.9. The smallest absolute Gasteiger partial charge is 0.313 e. The minimum Gasteiger partial charge on any atom is -0.455 e. The van der Waals surface area contributed by atoms with E-state index in [1.807, 2.05) is 56.3 Å². The van der Waals surface area contributed by atoms with Gasteiger partial charge in [-0.25, -0.2) is 0 Å². The highest BCUT2D eigenvalue weighted by molar-refractivity contribution is 5.99. The Morgan fingerprint density at radius 3 is 2.48 bits per heavy atom. The number of aliphatic hydroxyl groups excluding tert-OH is 1. The second-order valence-electron chi connectivity index (χ2n) is 13.8. The highest BCUT2D eigenvalue weighted by Crippen LogP contribution is 2.56. The van der Waals surface area contributed by atoms with Gasteiger partial charge in [-0.2, -0.15) is 0 Å². The van der Waals surface area contributed by atoms with Crippen LogP contribution in [-0.4, -0.2) is 126 Å². The first-order chi connectivity index (χ1) is 23.2. The van der Waals surface area contributed by atoms with Crippen molar-refractivity contribution in [2.24, 2.45) is 17.8 Å². The van der Waals surface area contributed by atoms with E-state index >= 15 is 0 Å². The molecule has 3 fully saturated rings. The average molecular weight is 665 g/mol. The molecule has 1 spiro atoms. The highest BCUT2D eigenvalue weighted by Gasteiger charge is 2.74. The summed E-state index contributed by atoms with van der Waals surface area (Å²) in [4.78, 5) is 62.2. The van der Waals surface area contributed by atoms with E-state index in [1.54, 1.807) is 24.0 Å². The number of hydrogen-bond donors (Lipinski definition) is 2. The molecule has 1 aromatic rings. The summed E-state index contributed by atoms with van der Waals surface area (Å²) in [5.41, 5.74) is -0.698. The fraction of sp³-hybridized carbons (Fsp3) is 0.611. The number of likely N-dealkylation sites (tertiary alicyclic amines) is 1. The number of allylic oxidation sites excluding steroid dienone is 1. The van der Waals surface area contributed by atoms with Crippen LogP contribution in [0.25, 0.3) is 0 Å². The summed E-state index contributed by atoms with van der Waals surface area (Å²) >= 11 is 0. The van der Waals surface area contributed by atoms with Crippen LogP contribution in [0.5, 0.6) is 0 Å². The van der Waals surface area contributed by atoms with Gasteiger partial charge in [-0.3, -0.25) is 24.1 Å². The van der Waals surface area contributed by atoms with E-state index in [4.69, 9.17) is 14.2 Å². The lowest BCUT2D eigenvalue weighted by Crippen LogP contribution is -2.60. The number of cyclic esters (lactones) is 1. The molecular weight excluding hydrogens is 616 g/mol. The van der Waals surface area contributed by atoms with Gasteiger partial charge in [0.1, 0.15) is 23.7 Å². The molecule has 12 heteroatoms. The lowest BCUT2D eigenvalue weighted by Gasteiger charge is -2.40. The fourth-order valence-electron chi connectivity index (χ4n) is 7.93. The van der Waals surface area contributed by atoms with Crippen LogP contribution in [0.1, 0.15) is 45.3 Å². The predicted octanol–water partition coefficient (Wildman–Crippen LogP) is 1.45. The lowest BCUT2D eigenvalue weighted by atomic mass is 9.74. The van der Waals surface area contributed by atoms with Crippen molar-refractivity contribution in [2.45, 2.75) is 69.5 Å². The van der Waals surface area contributed by atoms with Gasteiger partial charge >= 0.3 is 5.97 Å². The lowest BCUT2D eigenvalue weighted by molar-refractivity contribution is -0.162. The zero-order valence-corrected chi connectivity index (χ0v) is 28.0. The van der Waals surface area contributed by atoms with Crippen LogP contribution >= 0.6 is 0 Å². The van der Waals surface area contributed by atoms with Crippen molar-refractivity contribution in [2.75, 3.05) is 52.5 Å². The number of hydrogen-bond acceptors (Lipinski definition) is 9. The van der Waals surface area contributed by atoms with Crippen molar-refractivity contribution in [1.29, 1.82) is 0 Å². The molecule has 0 aromatic heterocycles. The van der Waals surface area contributed by atoms with Gasteiger partial charge in [-0.05, 0) is 24.8 Å². The fourth-order valence-corrected chi connectivity index (χ4v) is 7.93. The number of rotatable bonds is 7. The Labute approximate surface area is 282 Å². The van der Waals surface area contributed by atoms with Crippen LogP contribution in [0.4, 0.5) is 0 Å². The van der Waals surface area contributed by atoms with Crippen molar-refractivity contribution >= 4 is 23.7 Å². The summed E-state index contributed by atoms with van der Waals surface area (Å²) < 4.78 is 18.3. The molecular formula is C36H48N4O8. The Hall–Kier alpha value is -3.58. The quantitative estimate of drug-likeness (QED) is 0.328. The summed E-state index contributed by atoms with van der Waals surface area (Å²) in [7, 11) is 0. The SMILES string of the molecule is CC(C)[C@H](CO)N1C(=O)[C@@H]2[C@H]3C(=O)O[C@@H](c4ccccc4)[C@H](C)NC(=O)CC/C=C\CN(CCN4CCOCC4)C(=O)[C@@H]1[C@]21C=C[C@H]3O1. The van der Waals surface area contributed by atoms with Gasteiger partial charge in [0.2, 0.25) is 17.7 Å². The van der Waals surface area contributed by atoms with Gasteiger partial charge < -0.3 is 34.4 Å². The molecule has 6 rings (SSSR count).